The first-order valence-electron chi connectivity index (χ1n) is 12.7. The number of hydrogen-bond donors (Lipinski definition) is 6. The molecular weight excluding hydrogens is 597 g/mol. The van der Waals surface area contributed by atoms with Gasteiger partial charge in [-0.15, -0.1) is 0 Å². The first kappa shape index (κ1) is 42.2. The number of rotatable bonds is 16. The molecule has 2 heterocycles. The molecular formula is C22H39Na2O16P. The fourth-order valence-corrected chi connectivity index (χ4v) is 4.90. The van der Waals surface area contributed by atoms with E-state index >= 15 is 0 Å². The zero-order valence-corrected chi connectivity index (χ0v) is 28.5. The van der Waals surface area contributed by atoms with Crippen molar-refractivity contribution in [2.75, 3.05) is 26.9 Å². The molecule has 6 N–H and O–H groups in total. The summed E-state index contributed by atoms with van der Waals surface area (Å²) in [6.07, 6.45) is -11.6. The van der Waals surface area contributed by atoms with Gasteiger partial charge in [-0.1, -0.05) is 25.7 Å². The molecule has 16 nitrogen and oxygen atoms in total. The van der Waals surface area contributed by atoms with Gasteiger partial charge in [0, 0.05) is 13.0 Å². The van der Waals surface area contributed by atoms with E-state index in [9.17, 15) is 49.8 Å². The van der Waals surface area contributed by atoms with Gasteiger partial charge in [0.1, 0.15) is 48.8 Å². The first-order chi connectivity index (χ1) is 18.4. The van der Waals surface area contributed by atoms with E-state index in [2.05, 4.69) is 9.26 Å². The van der Waals surface area contributed by atoms with Crippen LogP contribution in [0, 0.1) is 0 Å². The van der Waals surface area contributed by atoms with Crippen molar-refractivity contribution in [2.24, 2.45) is 0 Å². The summed E-state index contributed by atoms with van der Waals surface area (Å²) in [4.78, 5) is 33.0. The van der Waals surface area contributed by atoms with E-state index in [0.717, 1.165) is 32.1 Å². The van der Waals surface area contributed by atoms with Crippen molar-refractivity contribution < 1.29 is 137 Å². The number of methoxy groups -OCH3 is 1. The molecule has 0 radical (unpaired) electrons. The maximum atomic E-state index is 11.1. The van der Waals surface area contributed by atoms with Crippen LogP contribution in [0.3, 0.4) is 0 Å². The molecule has 0 amide bonds. The van der Waals surface area contributed by atoms with Crippen LogP contribution in [-0.2, 0) is 37.6 Å². The van der Waals surface area contributed by atoms with Crippen LogP contribution in [0.15, 0.2) is 0 Å². The minimum Gasteiger partial charge on any atom is -0.790 e. The third kappa shape index (κ3) is 13.6. The molecule has 2 fully saturated rings. The summed E-state index contributed by atoms with van der Waals surface area (Å²) in [5.41, 5.74) is 0. The van der Waals surface area contributed by atoms with E-state index in [4.69, 9.17) is 18.9 Å². The summed E-state index contributed by atoms with van der Waals surface area (Å²) >= 11 is 0. The molecule has 0 spiro atoms. The molecule has 0 unspecified atom stereocenters. The number of phosphoric ester groups is 1. The molecule has 230 valence electrons. The molecule has 2 rings (SSSR count). The summed E-state index contributed by atoms with van der Waals surface area (Å²) in [7, 11) is -4.28. The summed E-state index contributed by atoms with van der Waals surface area (Å²) in [6.45, 7) is -1.47. The van der Waals surface area contributed by atoms with Crippen molar-refractivity contribution in [3.63, 3.8) is 0 Å². The van der Waals surface area contributed by atoms with Crippen LogP contribution in [0.1, 0.15) is 44.9 Å². The SMILES string of the molecule is COC(=O)CCCCCCCCO[C@@H]1O[C@H](CO)[C@@H](O[C@@H]2O[C@H](CO)[C@H](OP(=O)([O-])[O-])[C@H](O)[C@H]2O)[C@H](O)[C@H]1O.[Na+].[Na+]. The van der Waals surface area contributed by atoms with Crippen LogP contribution in [-0.4, -0.2) is 125 Å². The largest absolute Gasteiger partial charge is 1.00 e. The number of phosphoric acid groups is 1. The monoisotopic (exact) mass is 636 g/mol. The third-order valence-corrected chi connectivity index (χ3v) is 6.97. The Morgan fingerprint density at radius 2 is 1.27 bits per heavy atom. The number of hydrogen-bond acceptors (Lipinski definition) is 16. The number of ether oxygens (including phenoxy) is 5. The molecule has 0 aliphatic carbocycles. The second-order valence-electron chi connectivity index (χ2n) is 9.35. The maximum Gasteiger partial charge on any atom is 1.00 e. The third-order valence-electron chi connectivity index (χ3n) is 6.47. The van der Waals surface area contributed by atoms with E-state index in [0.29, 0.717) is 12.8 Å². The van der Waals surface area contributed by atoms with Crippen LogP contribution in [0.25, 0.3) is 0 Å². The van der Waals surface area contributed by atoms with Crippen LogP contribution in [0.4, 0.5) is 0 Å². The predicted molar refractivity (Wildman–Crippen MR) is 123 cm³/mol. The van der Waals surface area contributed by atoms with Crippen molar-refractivity contribution in [1.29, 1.82) is 0 Å². The molecule has 0 aromatic heterocycles. The fourth-order valence-electron chi connectivity index (χ4n) is 4.34. The predicted octanol–water partition coefficient (Wildman–Crippen LogP) is -9.61. The van der Waals surface area contributed by atoms with Gasteiger partial charge in [0.05, 0.1) is 28.1 Å². The Morgan fingerprint density at radius 3 is 1.83 bits per heavy atom. The van der Waals surface area contributed by atoms with Crippen molar-refractivity contribution in [3.05, 3.63) is 0 Å². The van der Waals surface area contributed by atoms with Gasteiger partial charge in [-0.25, -0.2) is 0 Å². The molecule has 0 aromatic carbocycles. The van der Waals surface area contributed by atoms with Crippen molar-refractivity contribution >= 4 is 13.8 Å². The zero-order valence-electron chi connectivity index (χ0n) is 23.6. The van der Waals surface area contributed by atoms with Crippen LogP contribution in [0.2, 0.25) is 0 Å². The minimum atomic E-state index is -5.63. The van der Waals surface area contributed by atoms with Crippen molar-refractivity contribution in [1.82, 2.24) is 0 Å². The average Bonchev–Trinajstić information content (AvgIpc) is 2.89. The molecule has 10 atom stereocenters. The van der Waals surface area contributed by atoms with E-state index in [1.165, 1.54) is 7.11 Å². The summed E-state index contributed by atoms with van der Waals surface area (Å²) < 4.78 is 41.5. The smallest absolute Gasteiger partial charge is 0.790 e. The average molecular weight is 636 g/mol. The molecule has 2 aliphatic rings. The number of aliphatic hydroxyl groups is 6. The Balaban J connectivity index is 0.00000800. The molecule has 2 aliphatic heterocycles. The number of unbranched alkanes of at least 4 members (excludes halogenated alkanes) is 5. The molecule has 41 heavy (non-hydrogen) atoms. The number of esters is 1. The molecule has 0 saturated carbocycles. The van der Waals surface area contributed by atoms with Gasteiger partial charge in [0.15, 0.2) is 12.6 Å². The topological polar surface area (TPSA) is 257 Å². The summed E-state index contributed by atoms with van der Waals surface area (Å²) in [6, 6.07) is 0. The molecule has 19 heteroatoms. The van der Waals surface area contributed by atoms with Gasteiger partial charge in [0.25, 0.3) is 0 Å². The van der Waals surface area contributed by atoms with E-state index in [-0.39, 0.29) is 71.7 Å². The van der Waals surface area contributed by atoms with Crippen LogP contribution < -0.4 is 68.9 Å². The number of carbonyl (C=O) groups is 1. The van der Waals surface area contributed by atoms with Gasteiger partial charge >= 0.3 is 65.1 Å². The number of aliphatic hydroxyl groups excluding tert-OH is 6. The molecule has 0 aromatic rings. The number of carbonyl (C=O) groups excluding carboxylic acids is 1. The fraction of sp³-hybridized carbons (Fsp3) is 0.955. The van der Waals surface area contributed by atoms with Crippen molar-refractivity contribution in [3.8, 4) is 0 Å². The first-order valence-corrected chi connectivity index (χ1v) is 14.2. The Bertz CT molecular complexity index is 774. The minimum absolute atomic E-state index is 0. The van der Waals surface area contributed by atoms with E-state index in [1.807, 2.05) is 0 Å². The molecule has 0 bridgehead atoms. The Morgan fingerprint density at radius 1 is 0.780 bits per heavy atom. The van der Waals surface area contributed by atoms with Gasteiger partial charge in [-0.05, 0) is 12.8 Å². The van der Waals surface area contributed by atoms with Crippen LogP contribution in [0.5, 0.6) is 0 Å². The Labute approximate surface area is 282 Å². The zero-order chi connectivity index (χ0) is 29.2. The van der Waals surface area contributed by atoms with Crippen LogP contribution >= 0.6 is 7.82 Å². The molecule has 2 saturated heterocycles. The second kappa shape index (κ2) is 21.1. The standard InChI is InChI=1S/C22H41O16P.2Na/c1-33-14(25)8-6-4-2-3-5-7-9-34-21-17(28)15(26)19(12(10-23)35-21)37-22-18(29)16(27)20(13(11-24)36-22)38-39(30,31)32;;/h12-13,15-24,26-29H,2-11H2,1H3,(H2,30,31,32);;/q;2*+1/p-2/t12-,13-,15-,16-,17-,18-,19-,20+,21-,22+;;/m1../s1. The summed E-state index contributed by atoms with van der Waals surface area (Å²) in [5.74, 6) is -0.239. The van der Waals surface area contributed by atoms with Crippen molar-refractivity contribution in [2.45, 2.75) is 106 Å². The Kier molecular flexibility index (Phi) is 21.7. The Hall–Kier alpha value is 1.18. The van der Waals surface area contributed by atoms with Gasteiger partial charge in [0.2, 0.25) is 0 Å². The van der Waals surface area contributed by atoms with E-state index in [1.54, 1.807) is 0 Å². The summed E-state index contributed by atoms with van der Waals surface area (Å²) in [5, 5.41) is 60.9. The van der Waals surface area contributed by atoms with Gasteiger partial charge in [-0.2, -0.15) is 0 Å². The van der Waals surface area contributed by atoms with E-state index < -0.39 is 82.4 Å². The maximum absolute atomic E-state index is 11.1. The second-order valence-corrected chi connectivity index (χ2v) is 10.5. The quantitative estimate of drug-likeness (QED) is 0.0398. The van der Waals surface area contributed by atoms with Gasteiger partial charge < -0.3 is 73.2 Å². The normalized spacial score (nSPS) is 33.9. The van der Waals surface area contributed by atoms with Gasteiger partial charge in [-0.3, -0.25) is 4.79 Å².